The van der Waals surface area contributed by atoms with Gasteiger partial charge >= 0.3 is 0 Å². The maximum atomic E-state index is 14.3. The number of ketones is 1. The first-order valence-electron chi connectivity index (χ1n) is 12.7. The van der Waals surface area contributed by atoms with Gasteiger partial charge in [0.25, 0.3) is 0 Å². The first-order chi connectivity index (χ1) is 18.4. The third-order valence-electron chi connectivity index (χ3n) is 6.92. The number of benzene rings is 3. The Morgan fingerprint density at radius 1 is 1.11 bits per heavy atom. The minimum atomic E-state index is -0.446. The minimum Gasteiger partial charge on any atom is -0.489 e. The van der Waals surface area contributed by atoms with Crippen molar-refractivity contribution >= 4 is 34.2 Å². The Morgan fingerprint density at radius 3 is 2.71 bits per heavy atom. The van der Waals surface area contributed by atoms with Gasteiger partial charge in [-0.2, -0.15) is 0 Å². The highest BCUT2D eigenvalue weighted by molar-refractivity contribution is 6.30. The summed E-state index contributed by atoms with van der Waals surface area (Å²) in [6.45, 7) is 2.90. The van der Waals surface area contributed by atoms with Crippen LogP contribution in [-0.2, 0) is 24.5 Å². The fourth-order valence-corrected chi connectivity index (χ4v) is 5.13. The molecule has 2 heterocycles. The molecule has 1 fully saturated rings. The van der Waals surface area contributed by atoms with Crippen LogP contribution in [0.25, 0.3) is 10.9 Å². The molecule has 1 aliphatic rings. The molecule has 8 heteroatoms. The Hall–Kier alpha value is -3.68. The summed E-state index contributed by atoms with van der Waals surface area (Å²) in [7, 11) is 0. The smallest absolute Gasteiger partial charge is 0.243 e. The lowest BCUT2D eigenvalue weighted by Gasteiger charge is -2.26. The number of hydrogen-bond donors (Lipinski definition) is 1. The molecule has 1 unspecified atom stereocenters. The number of fused-ring (bicyclic) bond motifs is 1. The molecular weight excluding hydrogens is 505 g/mol. The van der Waals surface area contributed by atoms with Crippen LogP contribution in [0.1, 0.15) is 41.3 Å². The van der Waals surface area contributed by atoms with E-state index in [1.807, 2.05) is 53.1 Å². The van der Waals surface area contributed by atoms with E-state index in [9.17, 15) is 14.0 Å². The van der Waals surface area contributed by atoms with E-state index in [0.29, 0.717) is 30.0 Å². The van der Waals surface area contributed by atoms with E-state index in [1.165, 1.54) is 13.0 Å². The number of nitrogens with zero attached hydrogens (tertiary/aromatic N) is 2. The topological polar surface area (TPSA) is 63.6 Å². The molecule has 1 N–H and O–H groups in total. The normalized spacial score (nSPS) is 15.2. The van der Waals surface area contributed by atoms with Crippen LogP contribution in [0.2, 0.25) is 5.02 Å². The molecule has 6 nitrogen and oxygen atoms in total. The van der Waals surface area contributed by atoms with Crippen molar-refractivity contribution < 1.29 is 18.7 Å². The van der Waals surface area contributed by atoms with Gasteiger partial charge in [0.1, 0.15) is 24.7 Å². The molecule has 4 aromatic rings. The van der Waals surface area contributed by atoms with Gasteiger partial charge < -0.3 is 14.2 Å². The van der Waals surface area contributed by atoms with Crippen LogP contribution in [0.4, 0.5) is 4.39 Å². The lowest BCUT2D eigenvalue weighted by molar-refractivity contribution is -0.133. The highest BCUT2D eigenvalue weighted by Gasteiger charge is 2.29. The van der Waals surface area contributed by atoms with Crippen LogP contribution >= 0.6 is 11.6 Å². The van der Waals surface area contributed by atoms with E-state index in [-0.39, 0.29) is 36.0 Å². The quantitative estimate of drug-likeness (QED) is 0.270. The molecule has 0 bridgehead atoms. The zero-order valence-corrected chi connectivity index (χ0v) is 21.9. The summed E-state index contributed by atoms with van der Waals surface area (Å²) in [6, 6.07) is 20.4. The van der Waals surface area contributed by atoms with E-state index >= 15 is 0 Å². The number of halogens is 2. The molecule has 196 valence electrons. The van der Waals surface area contributed by atoms with E-state index in [4.69, 9.17) is 16.3 Å². The number of Topliss-reactive ketones (excluding diaryl/α,β-unsaturated/α-hetero) is 1. The van der Waals surface area contributed by atoms with Crippen molar-refractivity contribution in [2.24, 2.45) is 0 Å². The zero-order chi connectivity index (χ0) is 26.6. The second-order valence-corrected chi connectivity index (χ2v) is 9.93. The number of rotatable bonds is 9. The van der Waals surface area contributed by atoms with Crippen LogP contribution in [0.15, 0.2) is 72.9 Å². The Kier molecular flexibility index (Phi) is 7.77. The summed E-state index contributed by atoms with van der Waals surface area (Å²) < 4.78 is 22.1. The number of amides is 1. The molecule has 0 spiro atoms. The minimum absolute atomic E-state index is 0.0663. The first kappa shape index (κ1) is 25.9. The number of carbonyl (C=O) groups is 2. The Morgan fingerprint density at radius 2 is 1.92 bits per heavy atom. The fraction of sp³-hybridized carbons (Fsp3) is 0.267. The van der Waals surface area contributed by atoms with Crippen molar-refractivity contribution in [1.29, 1.82) is 0 Å². The standard InChI is InChI=1S/C30H29ClFN3O3/c1-20(36)25-17-34(27-15-23(12-13-24(25)27)38-19-21-7-3-2-4-8-21)18-29(37)35-14-6-11-28(35)33-16-22-9-5-10-26(31)30(22)32/h2-5,7-10,12-13,15,17,28,33H,6,11,14,16,18-19H2,1H3. The van der Waals surface area contributed by atoms with E-state index in [2.05, 4.69) is 5.32 Å². The van der Waals surface area contributed by atoms with E-state index in [1.54, 1.807) is 23.2 Å². The summed E-state index contributed by atoms with van der Waals surface area (Å²) in [6.07, 6.45) is 3.16. The summed E-state index contributed by atoms with van der Waals surface area (Å²) in [5.41, 5.74) is 2.84. The van der Waals surface area contributed by atoms with Gasteiger partial charge in [-0.3, -0.25) is 14.9 Å². The van der Waals surface area contributed by atoms with Gasteiger partial charge in [-0.15, -0.1) is 0 Å². The molecule has 3 aromatic carbocycles. The molecule has 0 aliphatic carbocycles. The predicted molar refractivity (Wildman–Crippen MR) is 146 cm³/mol. The monoisotopic (exact) mass is 533 g/mol. The Labute approximate surface area is 226 Å². The lowest BCUT2D eigenvalue weighted by atomic mass is 10.1. The largest absolute Gasteiger partial charge is 0.489 e. The lowest BCUT2D eigenvalue weighted by Crippen LogP contribution is -2.45. The Bertz CT molecular complexity index is 1470. The molecule has 1 amide bonds. The first-order valence-corrected chi connectivity index (χ1v) is 13.0. The van der Waals surface area contributed by atoms with Gasteiger partial charge in [0.05, 0.1) is 16.7 Å². The number of carbonyl (C=O) groups excluding carboxylic acids is 2. The van der Waals surface area contributed by atoms with Crippen LogP contribution in [-0.4, -0.2) is 33.9 Å². The third-order valence-corrected chi connectivity index (χ3v) is 7.21. The molecule has 0 radical (unpaired) electrons. The van der Waals surface area contributed by atoms with Gasteiger partial charge in [-0.05, 0) is 43.5 Å². The van der Waals surface area contributed by atoms with Gasteiger partial charge in [0.2, 0.25) is 5.91 Å². The van der Waals surface area contributed by atoms with Gasteiger partial charge in [-0.25, -0.2) is 4.39 Å². The molecule has 38 heavy (non-hydrogen) atoms. The summed E-state index contributed by atoms with van der Waals surface area (Å²) in [5.74, 6) is 0.0727. The highest BCUT2D eigenvalue weighted by Crippen LogP contribution is 2.28. The molecule has 1 saturated heterocycles. The van der Waals surface area contributed by atoms with Crippen molar-refractivity contribution in [3.63, 3.8) is 0 Å². The van der Waals surface area contributed by atoms with Crippen LogP contribution in [0.3, 0.4) is 0 Å². The highest BCUT2D eigenvalue weighted by atomic mass is 35.5. The average Bonchev–Trinajstić information content (AvgIpc) is 3.54. The average molecular weight is 534 g/mol. The van der Waals surface area contributed by atoms with Gasteiger partial charge in [0.15, 0.2) is 5.78 Å². The van der Waals surface area contributed by atoms with Crippen LogP contribution < -0.4 is 10.1 Å². The van der Waals surface area contributed by atoms with Crippen LogP contribution in [0, 0.1) is 5.82 Å². The molecule has 1 atom stereocenters. The number of likely N-dealkylation sites (tertiary alicyclic amines) is 1. The van der Waals surface area contributed by atoms with Gasteiger partial charge in [0, 0.05) is 41.9 Å². The third kappa shape index (κ3) is 5.59. The molecule has 1 aromatic heterocycles. The Balaban J connectivity index is 1.32. The second kappa shape index (κ2) is 11.4. The number of ether oxygens (including phenoxy) is 1. The van der Waals surface area contributed by atoms with Crippen molar-refractivity contribution in [1.82, 2.24) is 14.8 Å². The van der Waals surface area contributed by atoms with E-state index in [0.717, 1.165) is 29.3 Å². The predicted octanol–water partition coefficient (Wildman–Crippen LogP) is 5.95. The SMILES string of the molecule is CC(=O)c1cn(CC(=O)N2CCCC2NCc2cccc(Cl)c2F)c2cc(OCc3ccccc3)ccc12. The summed E-state index contributed by atoms with van der Waals surface area (Å²) in [4.78, 5) is 27.6. The van der Waals surface area contributed by atoms with Crippen molar-refractivity contribution in [2.75, 3.05) is 6.54 Å². The van der Waals surface area contributed by atoms with Gasteiger partial charge in [-0.1, -0.05) is 54.1 Å². The number of nitrogens with one attached hydrogen (secondary N) is 1. The van der Waals surface area contributed by atoms with Crippen molar-refractivity contribution in [3.8, 4) is 5.75 Å². The number of aromatic nitrogens is 1. The number of hydrogen-bond acceptors (Lipinski definition) is 4. The van der Waals surface area contributed by atoms with Crippen molar-refractivity contribution in [3.05, 3.63) is 100 Å². The summed E-state index contributed by atoms with van der Waals surface area (Å²) in [5, 5.41) is 4.17. The van der Waals surface area contributed by atoms with Crippen LogP contribution in [0.5, 0.6) is 5.75 Å². The second-order valence-electron chi connectivity index (χ2n) is 9.52. The maximum absolute atomic E-state index is 14.3. The maximum Gasteiger partial charge on any atom is 0.243 e. The molecule has 0 saturated carbocycles. The fourth-order valence-electron chi connectivity index (χ4n) is 4.94. The van der Waals surface area contributed by atoms with Crippen molar-refractivity contribution in [2.45, 2.75) is 45.6 Å². The zero-order valence-electron chi connectivity index (χ0n) is 21.1. The summed E-state index contributed by atoms with van der Waals surface area (Å²) >= 11 is 5.91. The van der Waals surface area contributed by atoms with E-state index < -0.39 is 5.82 Å². The molecular formula is C30H29ClFN3O3. The molecule has 1 aliphatic heterocycles. The molecule has 5 rings (SSSR count).